The van der Waals surface area contributed by atoms with Gasteiger partial charge in [0.1, 0.15) is 5.82 Å². The number of aromatic carboxylic acids is 1. The number of aromatic nitrogens is 3. The lowest BCUT2D eigenvalue weighted by molar-refractivity contribution is 0.0697. The second kappa shape index (κ2) is 4.47. The fraction of sp³-hybridized carbons (Fsp3) is 0.308. The van der Waals surface area contributed by atoms with Crippen molar-refractivity contribution in [3.05, 3.63) is 35.7 Å². The van der Waals surface area contributed by atoms with E-state index < -0.39 is 5.97 Å². The topological polar surface area (TPSA) is 94.0 Å². The number of benzene rings is 1. The molecule has 1 aliphatic rings. The maximum atomic E-state index is 10.8. The largest absolute Gasteiger partial charge is 0.478 e. The minimum Gasteiger partial charge on any atom is -0.478 e. The molecule has 1 unspecified atom stereocenters. The van der Waals surface area contributed by atoms with Gasteiger partial charge < -0.3 is 10.8 Å². The van der Waals surface area contributed by atoms with E-state index in [-0.39, 0.29) is 11.7 Å². The van der Waals surface area contributed by atoms with E-state index in [0.29, 0.717) is 5.82 Å². The summed E-state index contributed by atoms with van der Waals surface area (Å²) >= 11 is 0. The van der Waals surface area contributed by atoms with Crippen LogP contribution in [0.25, 0.3) is 11.4 Å². The molecule has 1 aliphatic heterocycles. The molecule has 2 heterocycles. The van der Waals surface area contributed by atoms with Gasteiger partial charge in [0.15, 0.2) is 5.82 Å². The minimum absolute atomic E-state index is 0.104. The molecule has 1 atom stereocenters. The van der Waals surface area contributed by atoms with Crippen LogP contribution in [-0.4, -0.2) is 25.8 Å². The Morgan fingerprint density at radius 3 is 2.74 bits per heavy atom. The first-order valence-electron chi connectivity index (χ1n) is 6.20. The second-order valence-electron chi connectivity index (χ2n) is 4.65. The summed E-state index contributed by atoms with van der Waals surface area (Å²) in [5, 5.41) is 17.2. The summed E-state index contributed by atoms with van der Waals surface area (Å²) in [6, 6.07) is 6.60. The Hall–Kier alpha value is -2.21. The Morgan fingerprint density at radius 2 is 2.05 bits per heavy atom. The number of fused-ring (bicyclic) bond motifs is 1. The Balaban J connectivity index is 2.03. The van der Waals surface area contributed by atoms with Gasteiger partial charge in [0.05, 0.1) is 11.7 Å². The minimum atomic E-state index is -0.938. The number of carbonyl (C=O) groups is 1. The fourth-order valence-corrected chi connectivity index (χ4v) is 2.40. The van der Waals surface area contributed by atoms with Gasteiger partial charge in [0.25, 0.3) is 0 Å². The van der Waals surface area contributed by atoms with Crippen LogP contribution in [0.1, 0.15) is 35.2 Å². The number of carboxylic acid groups (broad SMARTS) is 1. The zero-order valence-corrected chi connectivity index (χ0v) is 10.3. The molecular formula is C13H14N4O2. The molecule has 2 aromatic rings. The van der Waals surface area contributed by atoms with Gasteiger partial charge >= 0.3 is 5.97 Å². The van der Waals surface area contributed by atoms with Crippen LogP contribution in [-0.2, 0) is 6.42 Å². The van der Waals surface area contributed by atoms with Crippen molar-refractivity contribution in [2.45, 2.75) is 25.4 Å². The molecule has 98 valence electrons. The normalized spacial score (nSPS) is 18.1. The fourth-order valence-electron chi connectivity index (χ4n) is 2.40. The zero-order chi connectivity index (χ0) is 13.4. The summed E-state index contributed by atoms with van der Waals surface area (Å²) in [5.74, 6) is 0.668. The first-order chi connectivity index (χ1) is 9.16. The molecule has 0 bridgehead atoms. The lowest BCUT2D eigenvalue weighted by Crippen LogP contribution is -2.25. The molecule has 0 radical (unpaired) electrons. The molecular weight excluding hydrogens is 244 g/mol. The van der Waals surface area contributed by atoms with E-state index in [1.54, 1.807) is 24.3 Å². The van der Waals surface area contributed by atoms with Gasteiger partial charge in [0.2, 0.25) is 0 Å². The molecule has 6 heteroatoms. The molecule has 19 heavy (non-hydrogen) atoms. The van der Waals surface area contributed by atoms with Crippen LogP contribution in [0.2, 0.25) is 0 Å². The maximum absolute atomic E-state index is 10.8. The first-order valence-corrected chi connectivity index (χ1v) is 6.20. The maximum Gasteiger partial charge on any atom is 0.335 e. The number of hydrogen-bond donors (Lipinski definition) is 2. The standard InChI is InChI=1S/C13H14N4O2/c14-10-2-1-3-11-15-16-12(17(10)11)8-4-6-9(7-5-8)13(18)19/h4-7,10H,1-3,14H2,(H,18,19). The molecule has 6 nitrogen and oxygen atoms in total. The zero-order valence-electron chi connectivity index (χ0n) is 10.3. The summed E-state index contributed by atoms with van der Waals surface area (Å²) < 4.78 is 1.94. The predicted octanol–water partition coefficient (Wildman–Crippen LogP) is 1.44. The second-order valence-corrected chi connectivity index (χ2v) is 4.65. The van der Waals surface area contributed by atoms with Crippen molar-refractivity contribution < 1.29 is 9.90 Å². The van der Waals surface area contributed by atoms with Crippen LogP contribution >= 0.6 is 0 Å². The summed E-state index contributed by atoms with van der Waals surface area (Å²) in [4.78, 5) is 10.8. The van der Waals surface area contributed by atoms with Crippen molar-refractivity contribution >= 4 is 5.97 Å². The highest BCUT2D eigenvalue weighted by atomic mass is 16.4. The average molecular weight is 258 g/mol. The number of rotatable bonds is 2. The molecule has 1 aromatic carbocycles. The SMILES string of the molecule is NC1CCCc2nnc(-c3ccc(C(=O)O)cc3)n21. The van der Waals surface area contributed by atoms with Gasteiger partial charge in [-0.2, -0.15) is 0 Å². The number of nitrogens with zero attached hydrogens (tertiary/aromatic N) is 3. The van der Waals surface area contributed by atoms with Crippen LogP contribution in [0.15, 0.2) is 24.3 Å². The number of carboxylic acids is 1. The number of aryl methyl sites for hydroxylation is 1. The van der Waals surface area contributed by atoms with E-state index in [1.165, 1.54) is 0 Å². The number of hydrogen-bond acceptors (Lipinski definition) is 4. The van der Waals surface area contributed by atoms with Gasteiger partial charge in [0, 0.05) is 12.0 Å². The van der Waals surface area contributed by atoms with Crippen LogP contribution < -0.4 is 5.73 Å². The molecule has 3 N–H and O–H groups in total. The average Bonchev–Trinajstić information content (AvgIpc) is 2.84. The smallest absolute Gasteiger partial charge is 0.335 e. The third kappa shape index (κ3) is 2.00. The van der Waals surface area contributed by atoms with Crippen LogP contribution in [0.4, 0.5) is 0 Å². The van der Waals surface area contributed by atoms with Gasteiger partial charge in [-0.25, -0.2) is 4.79 Å². The highest BCUT2D eigenvalue weighted by Crippen LogP contribution is 2.27. The van der Waals surface area contributed by atoms with Crippen LogP contribution in [0.3, 0.4) is 0 Å². The summed E-state index contributed by atoms with van der Waals surface area (Å²) in [5.41, 5.74) is 7.19. The Morgan fingerprint density at radius 1 is 1.32 bits per heavy atom. The van der Waals surface area contributed by atoms with Crippen molar-refractivity contribution in [1.82, 2.24) is 14.8 Å². The molecule has 0 saturated carbocycles. The lowest BCUT2D eigenvalue weighted by atomic mass is 10.1. The van der Waals surface area contributed by atoms with Gasteiger partial charge in [-0.15, -0.1) is 10.2 Å². The van der Waals surface area contributed by atoms with Crippen molar-refractivity contribution in [3.63, 3.8) is 0 Å². The quantitative estimate of drug-likeness (QED) is 0.850. The Labute approximate surface area is 109 Å². The summed E-state index contributed by atoms with van der Waals surface area (Å²) in [7, 11) is 0. The Bertz CT molecular complexity index is 618. The Kier molecular flexibility index (Phi) is 2.79. The van der Waals surface area contributed by atoms with E-state index in [1.807, 2.05) is 4.57 Å². The van der Waals surface area contributed by atoms with Crippen LogP contribution in [0.5, 0.6) is 0 Å². The van der Waals surface area contributed by atoms with Crippen molar-refractivity contribution in [1.29, 1.82) is 0 Å². The molecule has 0 aliphatic carbocycles. The van der Waals surface area contributed by atoms with Crippen LogP contribution in [0, 0.1) is 0 Å². The molecule has 0 fully saturated rings. The molecule has 3 rings (SSSR count). The van der Waals surface area contributed by atoms with Gasteiger partial charge in [-0.3, -0.25) is 4.57 Å². The van der Waals surface area contributed by atoms with Gasteiger partial charge in [-0.1, -0.05) is 12.1 Å². The van der Waals surface area contributed by atoms with Gasteiger partial charge in [-0.05, 0) is 25.0 Å². The summed E-state index contributed by atoms with van der Waals surface area (Å²) in [6.07, 6.45) is 2.71. The summed E-state index contributed by atoms with van der Waals surface area (Å²) in [6.45, 7) is 0. The van der Waals surface area contributed by atoms with Crippen molar-refractivity contribution in [2.75, 3.05) is 0 Å². The lowest BCUT2D eigenvalue weighted by Gasteiger charge is -2.22. The third-order valence-corrected chi connectivity index (χ3v) is 3.39. The van der Waals surface area contributed by atoms with E-state index in [4.69, 9.17) is 10.8 Å². The number of nitrogens with two attached hydrogens (primary N) is 1. The molecule has 0 amide bonds. The van der Waals surface area contributed by atoms with E-state index in [0.717, 1.165) is 30.7 Å². The van der Waals surface area contributed by atoms with E-state index >= 15 is 0 Å². The van der Waals surface area contributed by atoms with Crippen molar-refractivity contribution in [3.8, 4) is 11.4 Å². The van der Waals surface area contributed by atoms with E-state index in [2.05, 4.69) is 10.2 Å². The third-order valence-electron chi connectivity index (χ3n) is 3.39. The highest BCUT2D eigenvalue weighted by molar-refractivity contribution is 5.88. The highest BCUT2D eigenvalue weighted by Gasteiger charge is 2.22. The molecule has 0 saturated heterocycles. The van der Waals surface area contributed by atoms with E-state index in [9.17, 15) is 4.79 Å². The predicted molar refractivity (Wildman–Crippen MR) is 68.6 cm³/mol. The monoisotopic (exact) mass is 258 g/mol. The molecule has 0 spiro atoms. The van der Waals surface area contributed by atoms with Crippen molar-refractivity contribution in [2.24, 2.45) is 5.73 Å². The molecule has 1 aromatic heterocycles. The first kappa shape index (κ1) is 11.9.